The third-order valence-electron chi connectivity index (χ3n) is 7.09. The Morgan fingerprint density at radius 1 is 1.22 bits per heavy atom. The SMILES string of the molecule is COC(=O)C1CCC(N(C)C(=O)N2CCc3c(C(F)(F)F)nn(Cc4ccc(Cl)cc4F)c3C2)CC1. The Bertz CT molecular complexity index is 1150. The predicted octanol–water partition coefficient (Wildman–Crippen LogP) is 4.88. The average Bonchev–Trinajstić information content (AvgIpc) is 3.22. The number of hydrogen-bond donors (Lipinski definition) is 0. The third-order valence-corrected chi connectivity index (χ3v) is 7.33. The van der Waals surface area contributed by atoms with Gasteiger partial charge >= 0.3 is 18.2 Å². The Morgan fingerprint density at radius 2 is 1.92 bits per heavy atom. The number of ether oxygens (including phenoxy) is 1. The van der Waals surface area contributed by atoms with Crippen molar-refractivity contribution >= 4 is 23.6 Å². The molecule has 2 amide bonds. The molecule has 4 rings (SSSR count). The van der Waals surface area contributed by atoms with Crippen LogP contribution in [-0.2, 0) is 35.2 Å². The third kappa shape index (κ3) is 5.30. The summed E-state index contributed by atoms with van der Waals surface area (Å²) in [4.78, 5) is 28.2. The largest absolute Gasteiger partial charge is 0.469 e. The van der Waals surface area contributed by atoms with E-state index in [1.165, 1.54) is 24.1 Å². The van der Waals surface area contributed by atoms with Crippen molar-refractivity contribution < 1.29 is 31.9 Å². The second kappa shape index (κ2) is 10.3. The van der Waals surface area contributed by atoms with Gasteiger partial charge in [-0.2, -0.15) is 18.3 Å². The highest BCUT2D eigenvalue weighted by Crippen LogP contribution is 2.36. The minimum Gasteiger partial charge on any atom is -0.469 e. The molecule has 1 aromatic carbocycles. The number of rotatable bonds is 4. The van der Waals surface area contributed by atoms with Gasteiger partial charge < -0.3 is 14.5 Å². The molecule has 0 atom stereocenters. The van der Waals surface area contributed by atoms with Crippen LogP contribution in [0.5, 0.6) is 0 Å². The number of urea groups is 1. The molecule has 36 heavy (non-hydrogen) atoms. The van der Waals surface area contributed by atoms with Crippen molar-refractivity contribution in [1.29, 1.82) is 0 Å². The molecule has 1 aliphatic carbocycles. The number of nitrogens with zero attached hydrogens (tertiary/aromatic N) is 4. The Balaban J connectivity index is 1.53. The molecule has 2 aromatic rings. The zero-order chi connectivity index (χ0) is 26.2. The van der Waals surface area contributed by atoms with Crippen LogP contribution in [0.15, 0.2) is 18.2 Å². The van der Waals surface area contributed by atoms with Crippen molar-refractivity contribution in [3.05, 3.63) is 51.6 Å². The number of esters is 1. The molecule has 196 valence electrons. The first-order chi connectivity index (χ1) is 17.0. The van der Waals surface area contributed by atoms with Crippen LogP contribution in [-0.4, -0.2) is 58.3 Å². The molecule has 7 nitrogen and oxygen atoms in total. The van der Waals surface area contributed by atoms with Gasteiger partial charge in [-0.3, -0.25) is 9.48 Å². The number of benzene rings is 1. The van der Waals surface area contributed by atoms with Crippen LogP contribution in [0.3, 0.4) is 0 Å². The van der Waals surface area contributed by atoms with E-state index in [2.05, 4.69) is 5.10 Å². The lowest BCUT2D eigenvalue weighted by Crippen LogP contribution is -2.49. The fourth-order valence-electron chi connectivity index (χ4n) is 5.06. The van der Waals surface area contributed by atoms with Crippen molar-refractivity contribution in [3.8, 4) is 0 Å². The van der Waals surface area contributed by atoms with E-state index in [1.54, 1.807) is 11.9 Å². The highest BCUT2D eigenvalue weighted by atomic mass is 35.5. The number of aromatic nitrogens is 2. The van der Waals surface area contributed by atoms with Crippen molar-refractivity contribution in [2.45, 2.75) is 57.4 Å². The summed E-state index contributed by atoms with van der Waals surface area (Å²) in [7, 11) is 3.02. The average molecular weight is 531 g/mol. The monoisotopic (exact) mass is 530 g/mol. The molecule has 0 radical (unpaired) electrons. The van der Waals surface area contributed by atoms with Gasteiger partial charge in [0.25, 0.3) is 0 Å². The number of fused-ring (bicyclic) bond motifs is 1. The second-order valence-corrected chi connectivity index (χ2v) is 9.70. The van der Waals surface area contributed by atoms with E-state index >= 15 is 0 Å². The molecule has 0 spiro atoms. The van der Waals surface area contributed by atoms with E-state index in [0.717, 1.165) is 10.7 Å². The number of carbonyl (C=O) groups is 2. The smallest absolute Gasteiger partial charge is 0.435 e. The quantitative estimate of drug-likeness (QED) is 0.417. The summed E-state index contributed by atoms with van der Waals surface area (Å²) in [6, 6.07) is 3.57. The number of amides is 2. The molecule has 1 fully saturated rings. The number of alkyl halides is 3. The molecule has 1 aliphatic heterocycles. The van der Waals surface area contributed by atoms with Crippen molar-refractivity contribution in [2.24, 2.45) is 5.92 Å². The number of halogens is 5. The minimum atomic E-state index is -4.67. The summed E-state index contributed by atoms with van der Waals surface area (Å²) in [5.74, 6) is -1.08. The minimum absolute atomic E-state index is 0.0120. The molecule has 0 unspecified atom stereocenters. The Labute approximate surface area is 210 Å². The predicted molar refractivity (Wildman–Crippen MR) is 123 cm³/mol. The molecule has 2 aliphatic rings. The highest BCUT2D eigenvalue weighted by Gasteiger charge is 2.41. The standard InChI is InChI=1S/C24H27ClF4N4O3/c1-31(17-7-4-14(5-8-17)22(34)36-2)23(35)32-10-9-18-20(13-32)33(30-21(18)24(27,28)29)12-15-3-6-16(25)11-19(15)26/h3,6,11,14,17H,4-5,7-10,12-13H2,1-2H3. The van der Waals surface area contributed by atoms with Crippen LogP contribution < -0.4 is 0 Å². The van der Waals surface area contributed by atoms with Crippen LogP contribution >= 0.6 is 11.6 Å². The van der Waals surface area contributed by atoms with E-state index < -0.39 is 17.7 Å². The fraction of sp³-hybridized carbons (Fsp3) is 0.542. The Morgan fingerprint density at radius 3 is 2.53 bits per heavy atom. The van der Waals surface area contributed by atoms with Gasteiger partial charge in [0, 0.05) is 35.8 Å². The van der Waals surface area contributed by atoms with Crippen molar-refractivity contribution in [1.82, 2.24) is 19.6 Å². The van der Waals surface area contributed by atoms with Gasteiger partial charge in [-0.05, 0) is 44.2 Å². The van der Waals surface area contributed by atoms with Gasteiger partial charge in [0.05, 0.1) is 31.8 Å². The first-order valence-electron chi connectivity index (χ1n) is 11.7. The maximum atomic E-state index is 14.4. The zero-order valence-corrected chi connectivity index (χ0v) is 20.7. The van der Waals surface area contributed by atoms with Gasteiger partial charge in [0.15, 0.2) is 5.69 Å². The van der Waals surface area contributed by atoms with E-state index in [4.69, 9.17) is 16.3 Å². The lowest BCUT2D eigenvalue weighted by molar-refractivity contribution is -0.146. The summed E-state index contributed by atoms with van der Waals surface area (Å²) in [5.41, 5.74) is -0.601. The maximum Gasteiger partial charge on any atom is 0.435 e. The van der Waals surface area contributed by atoms with Gasteiger partial charge in [-0.15, -0.1) is 0 Å². The number of carbonyl (C=O) groups excluding carboxylic acids is 2. The van der Waals surface area contributed by atoms with Crippen LogP contribution in [0.2, 0.25) is 5.02 Å². The van der Waals surface area contributed by atoms with Gasteiger partial charge in [-0.1, -0.05) is 17.7 Å². The first-order valence-corrected chi connectivity index (χ1v) is 12.1. The molecule has 1 aromatic heterocycles. The Kier molecular flexibility index (Phi) is 7.49. The van der Waals surface area contributed by atoms with Gasteiger partial charge in [-0.25, -0.2) is 9.18 Å². The molecular formula is C24H27ClF4N4O3. The molecule has 2 heterocycles. The van der Waals surface area contributed by atoms with E-state index in [1.807, 2.05) is 0 Å². The maximum absolute atomic E-state index is 14.4. The number of methoxy groups -OCH3 is 1. The second-order valence-electron chi connectivity index (χ2n) is 9.26. The summed E-state index contributed by atoms with van der Waals surface area (Å²) in [5, 5.41) is 3.96. The first kappa shape index (κ1) is 26.2. The van der Waals surface area contributed by atoms with E-state index in [-0.39, 0.29) is 71.9 Å². The molecule has 1 saturated carbocycles. The van der Waals surface area contributed by atoms with Crippen molar-refractivity contribution in [3.63, 3.8) is 0 Å². The van der Waals surface area contributed by atoms with Crippen LogP contribution in [0.4, 0.5) is 22.4 Å². The lowest BCUT2D eigenvalue weighted by atomic mass is 9.85. The summed E-state index contributed by atoms with van der Waals surface area (Å²) in [6.45, 7) is -0.192. The van der Waals surface area contributed by atoms with E-state index in [0.29, 0.717) is 25.7 Å². The molecule has 0 bridgehead atoms. The topological polar surface area (TPSA) is 67.7 Å². The lowest BCUT2D eigenvalue weighted by Gasteiger charge is -2.38. The van der Waals surface area contributed by atoms with Crippen molar-refractivity contribution in [2.75, 3.05) is 20.7 Å². The summed E-state index contributed by atoms with van der Waals surface area (Å²) in [6.07, 6.45) is -2.21. The number of hydrogen-bond acceptors (Lipinski definition) is 4. The molecule has 0 saturated heterocycles. The Hall–Kier alpha value is -2.82. The van der Waals surface area contributed by atoms with Gasteiger partial charge in [0.2, 0.25) is 0 Å². The van der Waals surface area contributed by atoms with Crippen LogP contribution in [0, 0.1) is 11.7 Å². The highest BCUT2D eigenvalue weighted by molar-refractivity contribution is 6.30. The van der Waals surface area contributed by atoms with Crippen LogP contribution in [0.25, 0.3) is 0 Å². The fourth-order valence-corrected chi connectivity index (χ4v) is 5.22. The van der Waals surface area contributed by atoms with Gasteiger partial charge in [0.1, 0.15) is 5.82 Å². The zero-order valence-electron chi connectivity index (χ0n) is 19.9. The summed E-state index contributed by atoms with van der Waals surface area (Å²) >= 11 is 5.79. The summed E-state index contributed by atoms with van der Waals surface area (Å²) < 4.78 is 61.5. The molecule has 0 N–H and O–H groups in total. The van der Waals surface area contributed by atoms with Crippen LogP contribution in [0.1, 0.15) is 48.2 Å². The molecular weight excluding hydrogens is 504 g/mol. The van der Waals surface area contributed by atoms with E-state index in [9.17, 15) is 27.2 Å². The molecule has 12 heteroatoms. The normalized spacial score (nSPS) is 20.1.